The van der Waals surface area contributed by atoms with Crippen LogP contribution in [-0.4, -0.2) is 29.7 Å². The largest absolute Gasteiger partial charge is 0.251 e. The maximum atomic E-state index is 11.2. The highest BCUT2D eigenvalue weighted by molar-refractivity contribution is 7.91. The van der Waals surface area contributed by atoms with Crippen molar-refractivity contribution in [1.29, 1.82) is 5.26 Å². The van der Waals surface area contributed by atoms with E-state index in [-0.39, 0.29) is 17.5 Å². The summed E-state index contributed by atoms with van der Waals surface area (Å²) in [6.45, 7) is 0. The zero-order chi connectivity index (χ0) is 10.2. The predicted molar refractivity (Wildman–Crippen MR) is 49.2 cm³/mol. The van der Waals surface area contributed by atoms with Gasteiger partial charge in [0.1, 0.15) is 11.8 Å². The van der Waals surface area contributed by atoms with E-state index in [4.69, 9.17) is 5.26 Å². The molecule has 1 unspecified atom stereocenters. The fourth-order valence-corrected chi connectivity index (χ4v) is 3.35. The van der Waals surface area contributed by atoms with Crippen LogP contribution in [0.25, 0.3) is 0 Å². The van der Waals surface area contributed by atoms with Gasteiger partial charge in [0.2, 0.25) is 0 Å². The van der Waals surface area contributed by atoms with Gasteiger partial charge in [-0.3, -0.25) is 4.68 Å². The van der Waals surface area contributed by atoms with E-state index in [1.54, 1.807) is 6.07 Å². The quantitative estimate of drug-likeness (QED) is 0.661. The first-order valence-electron chi connectivity index (χ1n) is 4.26. The molecule has 1 saturated heterocycles. The smallest absolute Gasteiger partial charge is 0.152 e. The first-order valence-corrected chi connectivity index (χ1v) is 6.08. The molecule has 0 aliphatic carbocycles. The summed E-state index contributed by atoms with van der Waals surface area (Å²) in [5, 5.41) is 12.7. The van der Waals surface area contributed by atoms with Crippen LogP contribution < -0.4 is 0 Å². The zero-order valence-corrected chi connectivity index (χ0v) is 8.24. The van der Waals surface area contributed by atoms with Crippen LogP contribution in [0, 0.1) is 11.3 Å². The second-order valence-electron chi connectivity index (χ2n) is 3.33. The van der Waals surface area contributed by atoms with Crippen LogP contribution in [0.1, 0.15) is 18.2 Å². The summed E-state index contributed by atoms with van der Waals surface area (Å²) in [6, 6.07) is 3.41. The molecule has 1 aliphatic heterocycles. The zero-order valence-electron chi connectivity index (χ0n) is 7.42. The Bertz CT molecular complexity index is 483. The lowest BCUT2D eigenvalue weighted by Crippen LogP contribution is -2.13. The van der Waals surface area contributed by atoms with Gasteiger partial charge in [0, 0.05) is 0 Å². The summed E-state index contributed by atoms with van der Waals surface area (Å²) in [5.41, 5.74) is 0.423. The van der Waals surface area contributed by atoms with Gasteiger partial charge in [-0.25, -0.2) is 8.42 Å². The number of nitriles is 1. The first kappa shape index (κ1) is 9.21. The normalized spacial score (nSPS) is 24.6. The summed E-state index contributed by atoms with van der Waals surface area (Å²) >= 11 is 0. The molecule has 2 heterocycles. The molecule has 0 amide bonds. The third-order valence-corrected chi connectivity index (χ3v) is 4.09. The summed E-state index contributed by atoms with van der Waals surface area (Å²) < 4.78 is 23.9. The van der Waals surface area contributed by atoms with Crippen LogP contribution >= 0.6 is 0 Å². The third kappa shape index (κ3) is 1.51. The van der Waals surface area contributed by atoms with E-state index in [2.05, 4.69) is 5.10 Å². The molecule has 1 aromatic rings. The van der Waals surface area contributed by atoms with E-state index in [0.717, 1.165) is 0 Å². The molecule has 2 rings (SSSR count). The van der Waals surface area contributed by atoms with E-state index in [9.17, 15) is 8.42 Å². The van der Waals surface area contributed by atoms with E-state index in [1.165, 1.54) is 10.9 Å². The van der Waals surface area contributed by atoms with Gasteiger partial charge in [-0.1, -0.05) is 0 Å². The monoisotopic (exact) mass is 211 g/mol. The SMILES string of the molecule is N#Cc1ccnn1C1CCS(=O)(=O)C1. The van der Waals surface area contributed by atoms with Crippen molar-refractivity contribution in [2.24, 2.45) is 0 Å². The fourth-order valence-electron chi connectivity index (χ4n) is 1.66. The molecule has 0 spiro atoms. The highest BCUT2D eigenvalue weighted by Gasteiger charge is 2.30. The van der Waals surface area contributed by atoms with E-state index in [0.29, 0.717) is 12.1 Å². The minimum atomic E-state index is -2.92. The van der Waals surface area contributed by atoms with Crippen molar-refractivity contribution in [3.05, 3.63) is 18.0 Å². The Hall–Kier alpha value is -1.35. The van der Waals surface area contributed by atoms with Crippen molar-refractivity contribution in [3.63, 3.8) is 0 Å². The Morgan fingerprint density at radius 3 is 3.00 bits per heavy atom. The van der Waals surface area contributed by atoms with Crippen LogP contribution in [0.4, 0.5) is 0 Å². The van der Waals surface area contributed by atoms with Crippen LogP contribution in [0.2, 0.25) is 0 Å². The van der Waals surface area contributed by atoms with Gasteiger partial charge in [-0.15, -0.1) is 0 Å². The van der Waals surface area contributed by atoms with Crippen molar-refractivity contribution < 1.29 is 8.42 Å². The highest BCUT2D eigenvalue weighted by atomic mass is 32.2. The van der Waals surface area contributed by atoms with Gasteiger partial charge >= 0.3 is 0 Å². The first-order chi connectivity index (χ1) is 6.62. The number of aromatic nitrogens is 2. The van der Waals surface area contributed by atoms with Gasteiger partial charge in [0.05, 0.1) is 23.7 Å². The number of hydrogen-bond acceptors (Lipinski definition) is 4. The Morgan fingerprint density at radius 1 is 1.64 bits per heavy atom. The minimum Gasteiger partial charge on any atom is -0.251 e. The van der Waals surface area contributed by atoms with Crippen molar-refractivity contribution >= 4 is 9.84 Å². The summed E-state index contributed by atoms with van der Waals surface area (Å²) in [7, 11) is -2.92. The fraction of sp³-hybridized carbons (Fsp3) is 0.500. The molecule has 1 aromatic heterocycles. The molecule has 1 fully saturated rings. The minimum absolute atomic E-state index is 0.101. The molecule has 0 radical (unpaired) electrons. The van der Waals surface area contributed by atoms with Crippen molar-refractivity contribution in [3.8, 4) is 6.07 Å². The second kappa shape index (κ2) is 3.10. The molecule has 0 aromatic carbocycles. The Balaban J connectivity index is 2.31. The molecule has 0 saturated carbocycles. The lowest BCUT2D eigenvalue weighted by molar-refractivity contribution is 0.495. The molecule has 0 N–H and O–H groups in total. The number of nitrogens with zero attached hydrogens (tertiary/aromatic N) is 3. The average Bonchev–Trinajstić information content (AvgIpc) is 2.70. The third-order valence-electron chi connectivity index (χ3n) is 2.34. The molecular formula is C8H9N3O2S. The van der Waals surface area contributed by atoms with Crippen molar-refractivity contribution in [2.75, 3.05) is 11.5 Å². The molecule has 5 nitrogen and oxygen atoms in total. The summed E-state index contributed by atoms with van der Waals surface area (Å²) in [4.78, 5) is 0. The maximum absolute atomic E-state index is 11.2. The molecule has 1 aliphatic rings. The van der Waals surface area contributed by atoms with Crippen molar-refractivity contribution in [2.45, 2.75) is 12.5 Å². The predicted octanol–water partition coefficient (Wildman–Crippen LogP) is 0.114. The molecular weight excluding hydrogens is 202 g/mol. The van der Waals surface area contributed by atoms with Gasteiger partial charge in [-0.05, 0) is 12.5 Å². The second-order valence-corrected chi connectivity index (χ2v) is 5.56. The Morgan fingerprint density at radius 2 is 2.43 bits per heavy atom. The van der Waals surface area contributed by atoms with E-state index in [1.807, 2.05) is 6.07 Å². The van der Waals surface area contributed by atoms with Gasteiger partial charge in [0.15, 0.2) is 9.84 Å². The standard InChI is InChI=1S/C8H9N3O2S/c9-5-7-1-3-10-11(7)8-2-4-14(12,13)6-8/h1,3,8H,2,4,6H2. The molecule has 14 heavy (non-hydrogen) atoms. The Kier molecular flexibility index (Phi) is 2.04. The number of sulfone groups is 1. The van der Waals surface area contributed by atoms with Crippen LogP contribution in [0.3, 0.4) is 0 Å². The molecule has 6 heteroatoms. The molecule has 0 bridgehead atoms. The molecule has 74 valence electrons. The lowest BCUT2D eigenvalue weighted by Gasteiger charge is -2.08. The maximum Gasteiger partial charge on any atom is 0.152 e. The van der Waals surface area contributed by atoms with Gasteiger partial charge in [0.25, 0.3) is 0 Å². The lowest BCUT2D eigenvalue weighted by atomic mass is 10.2. The highest BCUT2D eigenvalue weighted by Crippen LogP contribution is 2.23. The van der Waals surface area contributed by atoms with Crippen molar-refractivity contribution in [1.82, 2.24) is 9.78 Å². The summed E-state index contributed by atoms with van der Waals surface area (Å²) in [6.07, 6.45) is 2.07. The average molecular weight is 211 g/mol. The summed E-state index contributed by atoms with van der Waals surface area (Å²) in [5.74, 6) is 0.297. The van der Waals surface area contributed by atoms with E-state index < -0.39 is 9.84 Å². The molecule has 1 atom stereocenters. The van der Waals surface area contributed by atoms with Crippen LogP contribution in [0.15, 0.2) is 12.3 Å². The number of rotatable bonds is 1. The number of hydrogen-bond donors (Lipinski definition) is 0. The van der Waals surface area contributed by atoms with Gasteiger partial charge < -0.3 is 0 Å². The van der Waals surface area contributed by atoms with E-state index >= 15 is 0 Å². The Labute approximate surface area is 81.9 Å². The van der Waals surface area contributed by atoms with Gasteiger partial charge in [-0.2, -0.15) is 10.4 Å². The van der Waals surface area contributed by atoms with Crippen LogP contribution in [-0.2, 0) is 9.84 Å². The van der Waals surface area contributed by atoms with Crippen LogP contribution in [0.5, 0.6) is 0 Å². The topological polar surface area (TPSA) is 75.8 Å².